The molecule has 1 aliphatic rings. The van der Waals surface area contributed by atoms with Gasteiger partial charge in [-0.1, -0.05) is 30.3 Å². The highest BCUT2D eigenvalue weighted by Gasteiger charge is 2.16. The van der Waals surface area contributed by atoms with Gasteiger partial charge in [-0.3, -0.25) is 9.89 Å². The Morgan fingerprint density at radius 3 is 2.46 bits per heavy atom. The molecule has 0 saturated carbocycles. The Hall–Kier alpha value is -1.24. The van der Waals surface area contributed by atoms with E-state index in [1.54, 1.807) is 0 Å². The maximum absolute atomic E-state index is 4.74. The minimum absolute atomic E-state index is 0.893. The van der Waals surface area contributed by atoms with E-state index < -0.39 is 0 Å². The third-order valence-corrected chi connectivity index (χ3v) is 5.73. The number of unbranched alkanes of at least 4 members (excludes halogenated alkanes) is 1. The molecule has 28 heavy (non-hydrogen) atoms. The van der Waals surface area contributed by atoms with Crippen LogP contribution in [0.5, 0.6) is 0 Å². The zero-order valence-corrected chi connectivity index (χ0v) is 18.6. The lowest BCUT2D eigenvalue weighted by Crippen LogP contribution is -2.46. The van der Waals surface area contributed by atoms with E-state index in [4.69, 9.17) is 4.99 Å². The number of nitrogens with zero attached hydrogens (tertiary/aromatic N) is 3. The van der Waals surface area contributed by atoms with E-state index in [-0.39, 0.29) is 0 Å². The molecular formula is C22H39N5S. The molecule has 0 spiro atoms. The Bertz CT molecular complexity index is 529. The summed E-state index contributed by atoms with van der Waals surface area (Å²) in [6, 6.07) is 10.8. The second-order valence-corrected chi connectivity index (χ2v) is 8.33. The van der Waals surface area contributed by atoms with Crippen molar-refractivity contribution in [1.29, 1.82) is 0 Å². The zero-order valence-electron chi connectivity index (χ0n) is 17.8. The molecule has 0 aliphatic carbocycles. The molecule has 1 aromatic rings. The average molecular weight is 406 g/mol. The van der Waals surface area contributed by atoms with Crippen molar-refractivity contribution in [2.45, 2.75) is 32.7 Å². The van der Waals surface area contributed by atoms with E-state index in [1.807, 2.05) is 11.8 Å². The van der Waals surface area contributed by atoms with Gasteiger partial charge in [0.2, 0.25) is 0 Å². The van der Waals surface area contributed by atoms with Crippen LogP contribution in [-0.4, -0.2) is 80.1 Å². The van der Waals surface area contributed by atoms with Gasteiger partial charge in [0.1, 0.15) is 0 Å². The van der Waals surface area contributed by atoms with Crippen molar-refractivity contribution >= 4 is 17.7 Å². The van der Waals surface area contributed by atoms with Gasteiger partial charge in [-0.05, 0) is 43.8 Å². The van der Waals surface area contributed by atoms with Gasteiger partial charge in [0, 0.05) is 58.9 Å². The predicted octanol–water partition coefficient (Wildman–Crippen LogP) is 2.89. The number of hydrogen-bond donors (Lipinski definition) is 2. The number of nitrogens with one attached hydrogen (secondary N) is 2. The summed E-state index contributed by atoms with van der Waals surface area (Å²) in [4.78, 5) is 9.89. The molecule has 5 nitrogen and oxygen atoms in total. The lowest BCUT2D eigenvalue weighted by Gasteiger charge is -2.34. The Balaban J connectivity index is 1.58. The van der Waals surface area contributed by atoms with Crippen LogP contribution < -0.4 is 10.6 Å². The largest absolute Gasteiger partial charge is 0.357 e. The van der Waals surface area contributed by atoms with Crippen LogP contribution >= 0.6 is 11.8 Å². The molecule has 1 aromatic carbocycles. The van der Waals surface area contributed by atoms with Gasteiger partial charge >= 0.3 is 0 Å². The Kier molecular flexibility index (Phi) is 12.1. The molecule has 158 valence electrons. The molecule has 0 bridgehead atoms. The lowest BCUT2D eigenvalue weighted by atomic mass is 10.2. The van der Waals surface area contributed by atoms with Gasteiger partial charge in [0.15, 0.2) is 5.96 Å². The first-order chi connectivity index (χ1) is 13.8. The molecule has 1 saturated heterocycles. The van der Waals surface area contributed by atoms with Crippen LogP contribution in [0.3, 0.4) is 0 Å². The van der Waals surface area contributed by atoms with Crippen LogP contribution in [0.15, 0.2) is 35.3 Å². The fourth-order valence-electron chi connectivity index (χ4n) is 3.42. The number of aliphatic imine (C=N–C) groups is 1. The van der Waals surface area contributed by atoms with Crippen molar-refractivity contribution in [3.8, 4) is 0 Å². The minimum Gasteiger partial charge on any atom is -0.357 e. The molecule has 0 aromatic heterocycles. The summed E-state index contributed by atoms with van der Waals surface area (Å²) in [6.45, 7) is 11.8. The summed E-state index contributed by atoms with van der Waals surface area (Å²) < 4.78 is 0. The number of benzene rings is 1. The number of hydrogen-bond acceptors (Lipinski definition) is 4. The van der Waals surface area contributed by atoms with Crippen LogP contribution in [0.2, 0.25) is 0 Å². The van der Waals surface area contributed by atoms with Crippen molar-refractivity contribution in [2.75, 3.05) is 64.4 Å². The van der Waals surface area contributed by atoms with Crippen LogP contribution in [0.4, 0.5) is 0 Å². The summed E-state index contributed by atoms with van der Waals surface area (Å²) in [5.74, 6) is 2.22. The summed E-state index contributed by atoms with van der Waals surface area (Å²) >= 11 is 1.92. The summed E-state index contributed by atoms with van der Waals surface area (Å²) in [5, 5.41) is 6.81. The van der Waals surface area contributed by atoms with E-state index in [9.17, 15) is 0 Å². The van der Waals surface area contributed by atoms with E-state index >= 15 is 0 Å². The van der Waals surface area contributed by atoms with Gasteiger partial charge in [-0.25, -0.2) is 0 Å². The lowest BCUT2D eigenvalue weighted by molar-refractivity contribution is 0.127. The normalized spacial score (nSPS) is 16.3. The second kappa shape index (κ2) is 14.7. The van der Waals surface area contributed by atoms with E-state index in [0.29, 0.717) is 0 Å². The molecule has 0 radical (unpaired) electrons. The van der Waals surface area contributed by atoms with Gasteiger partial charge in [-0.2, -0.15) is 11.8 Å². The number of thioether (sulfide) groups is 1. The molecule has 2 rings (SSSR count). The average Bonchev–Trinajstić information content (AvgIpc) is 2.73. The van der Waals surface area contributed by atoms with Crippen LogP contribution in [0.1, 0.15) is 31.7 Å². The Labute approximate surface area is 176 Å². The third-order valence-electron chi connectivity index (χ3n) is 5.03. The Morgan fingerprint density at radius 1 is 1.00 bits per heavy atom. The van der Waals surface area contributed by atoms with Crippen molar-refractivity contribution in [1.82, 2.24) is 20.4 Å². The third kappa shape index (κ3) is 9.80. The van der Waals surface area contributed by atoms with E-state index in [2.05, 4.69) is 63.9 Å². The predicted molar refractivity (Wildman–Crippen MR) is 124 cm³/mol. The second-order valence-electron chi connectivity index (χ2n) is 7.34. The quantitative estimate of drug-likeness (QED) is 0.318. The molecule has 0 atom stereocenters. The molecule has 0 unspecified atom stereocenters. The van der Waals surface area contributed by atoms with Crippen LogP contribution in [-0.2, 0) is 6.54 Å². The van der Waals surface area contributed by atoms with Crippen molar-refractivity contribution in [2.24, 2.45) is 4.99 Å². The van der Waals surface area contributed by atoms with Crippen molar-refractivity contribution in [3.63, 3.8) is 0 Å². The monoisotopic (exact) mass is 405 g/mol. The highest BCUT2D eigenvalue weighted by atomic mass is 32.2. The molecule has 2 N–H and O–H groups in total. The summed E-state index contributed by atoms with van der Waals surface area (Å²) in [7, 11) is 0. The minimum atomic E-state index is 0.893. The van der Waals surface area contributed by atoms with Crippen molar-refractivity contribution in [3.05, 3.63) is 35.9 Å². The molecule has 0 amide bonds. The number of rotatable bonds is 12. The Morgan fingerprint density at radius 2 is 1.75 bits per heavy atom. The van der Waals surface area contributed by atoms with E-state index in [1.165, 1.54) is 50.3 Å². The fraction of sp³-hybridized carbons (Fsp3) is 0.682. The topological polar surface area (TPSA) is 42.9 Å². The fourth-order valence-corrected chi connectivity index (χ4v) is 3.91. The molecular weight excluding hydrogens is 366 g/mol. The van der Waals surface area contributed by atoms with Gasteiger partial charge in [-0.15, -0.1) is 0 Å². The molecule has 1 aliphatic heterocycles. The van der Waals surface area contributed by atoms with Gasteiger partial charge < -0.3 is 15.5 Å². The van der Waals surface area contributed by atoms with Crippen LogP contribution in [0, 0.1) is 0 Å². The molecule has 1 heterocycles. The zero-order chi connectivity index (χ0) is 19.9. The SMILES string of the molecule is CCNC(=NCCCN1CCN(Cc2ccccc2)CC1)NCCCCSC. The summed E-state index contributed by atoms with van der Waals surface area (Å²) in [5.41, 5.74) is 1.42. The van der Waals surface area contributed by atoms with Gasteiger partial charge in [0.25, 0.3) is 0 Å². The smallest absolute Gasteiger partial charge is 0.191 e. The van der Waals surface area contributed by atoms with E-state index in [0.717, 1.165) is 45.1 Å². The first-order valence-electron chi connectivity index (χ1n) is 10.8. The highest BCUT2D eigenvalue weighted by Crippen LogP contribution is 2.08. The standard InChI is InChI=1S/C22H39N5S/c1-3-23-22(24-12-7-8-19-28-2)25-13-9-14-26-15-17-27(18-16-26)20-21-10-5-4-6-11-21/h4-6,10-11H,3,7-9,12-20H2,1-2H3,(H2,23,24,25). The number of guanidine groups is 1. The van der Waals surface area contributed by atoms with Gasteiger partial charge in [0.05, 0.1) is 0 Å². The first kappa shape index (κ1) is 23.0. The van der Waals surface area contributed by atoms with Crippen molar-refractivity contribution < 1.29 is 0 Å². The molecule has 6 heteroatoms. The summed E-state index contributed by atoms with van der Waals surface area (Å²) in [6.07, 6.45) is 5.77. The first-order valence-corrected chi connectivity index (χ1v) is 12.2. The van der Waals surface area contributed by atoms with Crippen LogP contribution in [0.25, 0.3) is 0 Å². The maximum Gasteiger partial charge on any atom is 0.191 e. The highest BCUT2D eigenvalue weighted by molar-refractivity contribution is 7.98. The maximum atomic E-state index is 4.74. The number of piperazine rings is 1. The molecule has 1 fully saturated rings.